The van der Waals surface area contributed by atoms with E-state index in [1.54, 1.807) is 0 Å². The van der Waals surface area contributed by atoms with Crippen LogP contribution in [-0.2, 0) is 13.1 Å². The van der Waals surface area contributed by atoms with Crippen molar-refractivity contribution in [1.29, 1.82) is 0 Å². The Balaban J connectivity index is 0.0000106. The van der Waals surface area contributed by atoms with Crippen LogP contribution in [0.2, 0.25) is 0 Å². The van der Waals surface area contributed by atoms with Crippen LogP contribution in [0.3, 0.4) is 0 Å². The third-order valence-corrected chi connectivity index (χ3v) is 9.19. The maximum absolute atomic E-state index is 4.79. The number of hydrogen-bond acceptors (Lipinski definition) is 2. The fourth-order valence-electron chi connectivity index (χ4n) is 6.14. The molecule has 0 radical (unpaired) electrons. The van der Waals surface area contributed by atoms with Crippen LogP contribution in [0, 0.1) is 0 Å². The molecule has 0 aliphatic heterocycles. The van der Waals surface area contributed by atoms with Crippen LogP contribution in [0.25, 0.3) is 0 Å². The molecular weight excluding hydrogens is 708 g/mol. The minimum Gasteiger partial charge on any atom is -0.354 e. The molecule has 0 saturated carbocycles. The van der Waals surface area contributed by atoms with Gasteiger partial charge in [-0.15, -0.1) is 34.0 Å². The van der Waals surface area contributed by atoms with E-state index in [1.807, 2.05) is 0 Å². The molecule has 0 N–H and O–H groups in total. The first-order chi connectivity index (χ1) is 22.3. The Bertz CT molecular complexity index is 937. The van der Waals surface area contributed by atoms with Crippen LogP contribution < -0.4 is 10.7 Å². The summed E-state index contributed by atoms with van der Waals surface area (Å²) in [7, 11) is 0. The molecule has 0 aliphatic rings. The summed E-state index contributed by atoms with van der Waals surface area (Å²) in [4.78, 5) is 9.58. The van der Waals surface area contributed by atoms with E-state index >= 15 is 0 Å². The largest absolute Gasteiger partial charge is 0.354 e. The number of aromatic nitrogens is 2. The molecule has 47 heavy (non-hydrogen) atoms. The summed E-state index contributed by atoms with van der Waals surface area (Å²) in [6, 6.07) is 8.74. The summed E-state index contributed by atoms with van der Waals surface area (Å²) in [5, 5.41) is 2.27. The van der Waals surface area contributed by atoms with Crippen molar-refractivity contribution in [3.63, 3.8) is 0 Å². The first-order valence-corrected chi connectivity index (χ1v) is 19.6. The number of unbranched alkanes of at least 4 members (excludes halogenated alkanes) is 22. The lowest BCUT2D eigenvalue weighted by Crippen LogP contribution is -2.07. The molecule has 0 bridgehead atoms. The van der Waals surface area contributed by atoms with Gasteiger partial charge in [-0.05, 0) is 49.9 Å². The van der Waals surface area contributed by atoms with Gasteiger partial charge in [0.25, 0.3) is 0 Å². The van der Waals surface area contributed by atoms with E-state index in [0.29, 0.717) is 0 Å². The van der Waals surface area contributed by atoms with Crippen molar-refractivity contribution in [3.8, 4) is 0 Å². The maximum Gasteiger partial charge on any atom is 0.0603 e. The van der Waals surface area contributed by atoms with Crippen LogP contribution in [-0.4, -0.2) is 22.2 Å². The van der Waals surface area contributed by atoms with Crippen molar-refractivity contribution in [2.24, 2.45) is 9.98 Å². The smallest absolute Gasteiger partial charge is 0.0603 e. The zero-order chi connectivity index (χ0) is 31.9. The number of pyridine rings is 2. The molecule has 272 valence electrons. The quantitative estimate of drug-likeness (QED) is 0.0708. The molecule has 2 heterocycles. The Hall–Kier alpha value is -1.14. The van der Waals surface area contributed by atoms with Gasteiger partial charge in [0.15, 0.2) is 0 Å². The van der Waals surface area contributed by atoms with Crippen LogP contribution in [0.1, 0.15) is 174 Å². The van der Waals surface area contributed by atoms with E-state index in [9.17, 15) is 0 Å². The normalized spacial score (nSPS) is 10.8. The molecule has 0 amide bonds. The van der Waals surface area contributed by atoms with E-state index in [4.69, 9.17) is 9.98 Å². The van der Waals surface area contributed by atoms with Gasteiger partial charge in [-0.25, -0.2) is 0 Å². The topological polar surface area (TPSA) is 34.6 Å². The maximum atomic E-state index is 4.79. The lowest BCUT2D eigenvalue weighted by molar-refractivity contribution is 0.533. The molecule has 0 spiro atoms. The van der Waals surface area contributed by atoms with Crippen LogP contribution in [0.4, 0.5) is 0 Å². The van der Waals surface area contributed by atoms with Gasteiger partial charge in [0.05, 0.1) is 10.7 Å². The van der Waals surface area contributed by atoms with Gasteiger partial charge in [-0.1, -0.05) is 149 Å². The Kier molecular flexibility index (Phi) is 33.9. The standard InChI is InChI=1S/C41H72N4.2BrH/c1-3-5-7-9-11-13-15-17-20-24-32-42-40-28-36-44(37-29-40)34-26-22-19-23-27-35-45-38-30-41(31-39-45)43-33-25-21-18-16-14-12-10-8-6-4-2;;/h28-31,36-39H,3-27,32-35H2,1-2H3;2*1H. The molecule has 0 unspecified atom stereocenters. The summed E-state index contributed by atoms with van der Waals surface area (Å²) in [6.07, 6.45) is 42.9. The summed E-state index contributed by atoms with van der Waals surface area (Å²) in [5.74, 6) is 0. The highest BCUT2D eigenvalue weighted by Gasteiger charge is 1.96. The lowest BCUT2D eigenvalue weighted by Gasteiger charge is -2.07. The highest BCUT2D eigenvalue weighted by Crippen LogP contribution is 2.12. The van der Waals surface area contributed by atoms with Crippen molar-refractivity contribution in [1.82, 2.24) is 9.13 Å². The second kappa shape index (κ2) is 34.7. The number of nitrogens with zero attached hydrogens (tertiary/aromatic N) is 4. The molecule has 2 aromatic rings. The van der Waals surface area contributed by atoms with Gasteiger partial charge in [0, 0.05) is 51.0 Å². The predicted octanol–water partition coefficient (Wildman–Crippen LogP) is 12.7. The fraction of sp³-hybridized carbons (Fsp3) is 0.756. The molecule has 4 nitrogen and oxygen atoms in total. The van der Waals surface area contributed by atoms with Gasteiger partial charge in [0.1, 0.15) is 0 Å². The molecule has 0 fully saturated rings. The Morgan fingerprint density at radius 3 is 0.915 bits per heavy atom. The minimum absolute atomic E-state index is 0. The van der Waals surface area contributed by atoms with E-state index in [0.717, 1.165) is 36.9 Å². The summed E-state index contributed by atoms with van der Waals surface area (Å²) >= 11 is 0. The van der Waals surface area contributed by atoms with E-state index in [2.05, 4.69) is 72.0 Å². The van der Waals surface area contributed by atoms with Crippen LogP contribution >= 0.6 is 34.0 Å². The van der Waals surface area contributed by atoms with Gasteiger partial charge in [-0.3, -0.25) is 9.98 Å². The molecule has 0 atom stereocenters. The second-order valence-corrected chi connectivity index (χ2v) is 13.5. The highest BCUT2D eigenvalue weighted by molar-refractivity contribution is 8.93. The van der Waals surface area contributed by atoms with Crippen molar-refractivity contribution in [2.45, 2.75) is 187 Å². The van der Waals surface area contributed by atoms with Crippen molar-refractivity contribution < 1.29 is 0 Å². The zero-order valence-corrected chi connectivity index (χ0v) is 34.2. The first-order valence-electron chi connectivity index (χ1n) is 19.6. The fourth-order valence-corrected chi connectivity index (χ4v) is 6.14. The summed E-state index contributed by atoms with van der Waals surface area (Å²) in [5.41, 5.74) is 0. The Labute approximate surface area is 311 Å². The SMILES string of the molecule is Br.Br.CCCCCCCCCCCCN=c1ccn(CCCCCCCn2ccc(=NCCCCCCCCCCCC)cc2)cc1. The molecule has 0 aliphatic carbocycles. The highest BCUT2D eigenvalue weighted by atomic mass is 79.9. The minimum atomic E-state index is 0. The van der Waals surface area contributed by atoms with Gasteiger partial charge < -0.3 is 9.13 Å². The second-order valence-electron chi connectivity index (χ2n) is 13.5. The summed E-state index contributed by atoms with van der Waals surface area (Å²) in [6.45, 7) is 8.74. The van der Waals surface area contributed by atoms with E-state index < -0.39 is 0 Å². The summed E-state index contributed by atoms with van der Waals surface area (Å²) < 4.78 is 4.64. The van der Waals surface area contributed by atoms with Gasteiger partial charge in [-0.2, -0.15) is 0 Å². The average Bonchev–Trinajstić information content (AvgIpc) is 3.07. The molecule has 2 rings (SSSR count). The molecule has 0 aromatic carbocycles. The Morgan fingerprint density at radius 1 is 0.362 bits per heavy atom. The number of aryl methyl sites for hydroxylation is 2. The predicted molar refractivity (Wildman–Crippen MR) is 217 cm³/mol. The third-order valence-electron chi connectivity index (χ3n) is 9.19. The molecule has 0 saturated heterocycles. The van der Waals surface area contributed by atoms with Crippen molar-refractivity contribution in [3.05, 3.63) is 59.8 Å². The number of hydrogen-bond donors (Lipinski definition) is 0. The van der Waals surface area contributed by atoms with Crippen molar-refractivity contribution >= 4 is 34.0 Å². The zero-order valence-electron chi connectivity index (χ0n) is 30.7. The van der Waals surface area contributed by atoms with E-state index in [1.165, 1.54) is 161 Å². The van der Waals surface area contributed by atoms with Crippen molar-refractivity contribution in [2.75, 3.05) is 13.1 Å². The average molecular weight is 783 g/mol. The number of halogens is 2. The van der Waals surface area contributed by atoms with Gasteiger partial charge in [0.2, 0.25) is 0 Å². The Morgan fingerprint density at radius 2 is 0.617 bits per heavy atom. The van der Waals surface area contributed by atoms with Crippen LogP contribution in [0.5, 0.6) is 0 Å². The molecule has 2 aromatic heterocycles. The third kappa shape index (κ3) is 27.4. The number of rotatable bonds is 30. The first kappa shape index (κ1) is 45.9. The molecular formula is C41H74Br2N4. The van der Waals surface area contributed by atoms with Crippen LogP contribution in [0.15, 0.2) is 59.0 Å². The lowest BCUT2D eigenvalue weighted by atomic mass is 10.1. The molecule has 6 heteroatoms. The monoisotopic (exact) mass is 780 g/mol. The van der Waals surface area contributed by atoms with E-state index in [-0.39, 0.29) is 34.0 Å². The van der Waals surface area contributed by atoms with Gasteiger partial charge >= 0.3 is 0 Å².